The van der Waals surface area contributed by atoms with Crippen molar-refractivity contribution in [3.05, 3.63) is 0 Å². The van der Waals surface area contributed by atoms with E-state index < -0.39 is 34.0 Å². The highest BCUT2D eigenvalue weighted by Gasteiger charge is 2.86. The van der Waals surface area contributed by atoms with Gasteiger partial charge in [0.1, 0.15) is 0 Å². The molecule has 0 aromatic heterocycles. The third-order valence-corrected chi connectivity index (χ3v) is 5.29. The van der Waals surface area contributed by atoms with Crippen LogP contribution in [0.25, 0.3) is 0 Å². The van der Waals surface area contributed by atoms with E-state index in [4.69, 9.17) is 0 Å². The number of hydrogen-bond acceptors (Lipinski definition) is 0. The molecule has 0 aromatic carbocycles. The summed E-state index contributed by atoms with van der Waals surface area (Å²) in [6, 6.07) is 0. The van der Waals surface area contributed by atoms with Crippen LogP contribution in [0.5, 0.6) is 0 Å². The summed E-state index contributed by atoms with van der Waals surface area (Å²) in [5.74, 6) is 0. The molecule has 1 aliphatic carbocycles. The van der Waals surface area contributed by atoms with E-state index in [2.05, 4.69) is 0 Å². The summed E-state index contributed by atoms with van der Waals surface area (Å²) >= 11 is 0. The largest absolute Gasteiger partial charge is 0.237 e. The molecule has 1 aliphatic rings. The molecule has 0 saturated heterocycles. The molecule has 0 spiro atoms. The van der Waals surface area contributed by atoms with Gasteiger partial charge < -0.3 is 0 Å². The first kappa shape index (κ1) is 15.6. The molecule has 1 fully saturated rings. The van der Waals surface area contributed by atoms with Crippen molar-refractivity contribution < 1.29 is 26.3 Å². The van der Waals surface area contributed by atoms with Gasteiger partial charge in [0.05, 0.1) is 0 Å². The first-order chi connectivity index (χ1) is 7.50. The van der Waals surface area contributed by atoms with Crippen molar-refractivity contribution in [2.24, 2.45) is 0 Å². The highest BCUT2D eigenvalue weighted by molar-refractivity contribution is 5.33. The Labute approximate surface area is 103 Å². The van der Waals surface area contributed by atoms with Gasteiger partial charge in [-0.3, -0.25) is 0 Å². The third-order valence-electron chi connectivity index (χ3n) is 5.29. The van der Waals surface area contributed by atoms with Crippen LogP contribution in [-0.2, 0) is 0 Å². The predicted octanol–water partition coefficient (Wildman–Crippen LogP) is 4.37. The second kappa shape index (κ2) is 3.18. The fourth-order valence-electron chi connectivity index (χ4n) is 2.65. The minimum Gasteiger partial charge on any atom is -0.237 e. The highest BCUT2D eigenvalue weighted by atomic mass is 19.2. The number of alkyl halides is 6. The summed E-state index contributed by atoms with van der Waals surface area (Å²) in [5, 5.41) is 0. The molecular weight excluding hydrogens is 258 g/mol. The van der Waals surface area contributed by atoms with Gasteiger partial charge in [-0.25, -0.2) is 26.3 Å². The van der Waals surface area contributed by atoms with Crippen molar-refractivity contribution in [2.45, 2.75) is 75.6 Å². The van der Waals surface area contributed by atoms with Gasteiger partial charge in [-0.05, 0) is 41.5 Å². The van der Waals surface area contributed by atoms with Crippen LogP contribution in [0.2, 0.25) is 0 Å². The fraction of sp³-hybridized carbons (Fsp3) is 1.00. The first-order valence-corrected chi connectivity index (χ1v) is 5.63. The summed E-state index contributed by atoms with van der Waals surface area (Å²) in [6.07, 6.45) is 0. The molecule has 0 amide bonds. The van der Waals surface area contributed by atoms with Gasteiger partial charge in [0.25, 0.3) is 0 Å². The maximum atomic E-state index is 14.4. The summed E-state index contributed by atoms with van der Waals surface area (Å²) in [5.41, 5.74) is -21.2. The van der Waals surface area contributed by atoms with Crippen LogP contribution >= 0.6 is 0 Å². The minimum absolute atomic E-state index is 0.415. The van der Waals surface area contributed by atoms with Gasteiger partial charge in [0, 0.05) is 0 Å². The third kappa shape index (κ3) is 1.15. The second-order valence-electron chi connectivity index (χ2n) is 6.02. The Hall–Kier alpha value is -0.420. The number of halogens is 6. The van der Waals surface area contributed by atoms with E-state index in [0.717, 1.165) is 0 Å². The monoisotopic (exact) mass is 276 g/mol. The molecule has 0 radical (unpaired) electrons. The van der Waals surface area contributed by atoms with Gasteiger partial charge >= 0.3 is 0 Å². The van der Waals surface area contributed by atoms with Crippen LogP contribution in [0.15, 0.2) is 0 Å². The summed E-state index contributed by atoms with van der Waals surface area (Å²) in [6.45, 7) is 2.49. The molecule has 0 nitrogen and oxygen atoms in total. The van der Waals surface area contributed by atoms with E-state index in [1.165, 1.54) is 0 Å². The van der Waals surface area contributed by atoms with Gasteiger partial charge in [-0.15, -0.1) is 0 Å². The molecular formula is C12H18F6. The normalized spacial score (nSPS) is 66.0. The standard InChI is InChI=1S/C12H18F6/c1-7(13)8(2,14)10(4,16)12(6,18)11(5,17)9(7,3)15/h1-6H3. The molecule has 1 saturated carbocycles. The van der Waals surface area contributed by atoms with Crippen LogP contribution in [0.1, 0.15) is 41.5 Å². The van der Waals surface area contributed by atoms with Crippen molar-refractivity contribution in [1.29, 1.82) is 0 Å². The maximum absolute atomic E-state index is 14.4. The van der Waals surface area contributed by atoms with E-state index in [1.54, 1.807) is 0 Å². The van der Waals surface area contributed by atoms with Crippen molar-refractivity contribution in [3.63, 3.8) is 0 Å². The van der Waals surface area contributed by atoms with E-state index in [-0.39, 0.29) is 0 Å². The second-order valence-corrected chi connectivity index (χ2v) is 6.02. The Kier molecular flexibility index (Phi) is 2.76. The zero-order valence-corrected chi connectivity index (χ0v) is 11.3. The zero-order valence-electron chi connectivity index (χ0n) is 11.3. The van der Waals surface area contributed by atoms with Gasteiger partial charge in [0.2, 0.25) is 0 Å². The lowest BCUT2D eigenvalue weighted by Gasteiger charge is -2.62. The zero-order chi connectivity index (χ0) is 15.0. The molecule has 0 N–H and O–H groups in total. The Morgan fingerprint density at radius 1 is 0.333 bits per heavy atom. The van der Waals surface area contributed by atoms with Crippen molar-refractivity contribution in [1.82, 2.24) is 0 Å². The Morgan fingerprint density at radius 3 is 0.444 bits per heavy atom. The van der Waals surface area contributed by atoms with Crippen molar-refractivity contribution >= 4 is 0 Å². The molecule has 0 bridgehead atoms. The molecule has 0 unspecified atom stereocenters. The average Bonchev–Trinajstić information content (AvgIpc) is 2.14. The van der Waals surface area contributed by atoms with E-state index in [1.807, 2.05) is 0 Å². The molecule has 0 aliphatic heterocycles. The topological polar surface area (TPSA) is 0 Å². The first-order valence-electron chi connectivity index (χ1n) is 5.63. The van der Waals surface area contributed by atoms with Crippen LogP contribution < -0.4 is 0 Å². The predicted molar refractivity (Wildman–Crippen MR) is 57.1 cm³/mol. The summed E-state index contributed by atoms with van der Waals surface area (Å²) < 4.78 is 86.2. The Balaban J connectivity index is 3.72. The van der Waals surface area contributed by atoms with Crippen LogP contribution in [0.4, 0.5) is 26.3 Å². The lowest BCUT2D eigenvalue weighted by atomic mass is 9.51. The Morgan fingerprint density at radius 2 is 0.389 bits per heavy atom. The molecule has 0 atom stereocenters. The number of hydrogen-bond donors (Lipinski definition) is 0. The number of rotatable bonds is 0. The van der Waals surface area contributed by atoms with Crippen LogP contribution in [0.3, 0.4) is 0 Å². The molecule has 18 heavy (non-hydrogen) atoms. The van der Waals surface area contributed by atoms with Crippen molar-refractivity contribution in [3.8, 4) is 0 Å². The smallest absolute Gasteiger partial charge is 0.181 e. The summed E-state index contributed by atoms with van der Waals surface area (Å²) in [7, 11) is 0. The maximum Gasteiger partial charge on any atom is 0.181 e. The Bertz CT molecular complexity index is 248. The summed E-state index contributed by atoms with van der Waals surface area (Å²) in [4.78, 5) is 0. The van der Waals surface area contributed by atoms with Crippen LogP contribution in [0, 0.1) is 0 Å². The van der Waals surface area contributed by atoms with Crippen molar-refractivity contribution in [2.75, 3.05) is 0 Å². The molecule has 108 valence electrons. The van der Waals surface area contributed by atoms with E-state index >= 15 is 0 Å². The molecule has 0 aromatic rings. The molecule has 0 heterocycles. The average molecular weight is 276 g/mol. The van der Waals surface area contributed by atoms with E-state index in [9.17, 15) is 26.3 Å². The fourth-order valence-corrected chi connectivity index (χ4v) is 2.65. The van der Waals surface area contributed by atoms with Gasteiger partial charge in [-0.2, -0.15) is 0 Å². The quantitative estimate of drug-likeness (QED) is 0.576. The molecule has 6 heteroatoms. The van der Waals surface area contributed by atoms with Gasteiger partial charge in [-0.1, -0.05) is 0 Å². The lowest BCUT2D eigenvalue weighted by molar-refractivity contribution is -0.321. The lowest BCUT2D eigenvalue weighted by Crippen LogP contribution is -2.84. The SMILES string of the molecule is CC1(F)C(C)(F)C(C)(F)C(C)(F)C(C)(F)C1(C)F. The molecule has 1 rings (SSSR count). The highest BCUT2D eigenvalue weighted by Crippen LogP contribution is 2.66. The van der Waals surface area contributed by atoms with E-state index in [0.29, 0.717) is 41.5 Å². The van der Waals surface area contributed by atoms with Gasteiger partial charge in [0.15, 0.2) is 34.0 Å². The minimum atomic E-state index is -3.53. The van der Waals surface area contributed by atoms with Crippen LogP contribution in [-0.4, -0.2) is 34.0 Å².